The largest absolute Gasteiger partial charge is 0.393 e. The molecule has 0 aromatic heterocycles. The molecule has 0 bridgehead atoms. The lowest BCUT2D eigenvalue weighted by Crippen LogP contribution is -2.37. The molecule has 2 N–H and O–H groups in total. The van der Waals surface area contributed by atoms with E-state index in [4.69, 9.17) is 0 Å². The van der Waals surface area contributed by atoms with Gasteiger partial charge in [-0.25, -0.2) is 9.18 Å². The Morgan fingerprint density at radius 2 is 2.30 bits per heavy atom. The van der Waals surface area contributed by atoms with E-state index in [2.05, 4.69) is 21.2 Å². The lowest BCUT2D eigenvalue weighted by Gasteiger charge is -2.23. The number of carbonyl (C=O) groups is 1. The highest BCUT2D eigenvalue weighted by molar-refractivity contribution is 9.10. The number of amides is 2. The summed E-state index contributed by atoms with van der Waals surface area (Å²) in [5, 5.41) is 12.4. The van der Waals surface area contributed by atoms with Crippen molar-refractivity contribution < 1.29 is 14.3 Å². The van der Waals surface area contributed by atoms with Crippen molar-refractivity contribution in [3.8, 4) is 0 Å². The average molecular weight is 345 g/mol. The molecule has 2 atom stereocenters. The maximum atomic E-state index is 13.2. The van der Waals surface area contributed by atoms with Crippen molar-refractivity contribution >= 4 is 27.6 Å². The molecule has 6 heteroatoms. The highest BCUT2D eigenvalue weighted by Crippen LogP contribution is 2.27. The zero-order valence-electron chi connectivity index (χ0n) is 11.3. The summed E-state index contributed by atoms with van der Waals surface area (Å²) in [6, 6.07) is 3.82. The Bertz CT molecular complexity index is 498. The normalized spacial score (nSPS) is 21.8. The van der Waals surface area contributed by atoms with E-state index in [1.165, 1.54) is 17.0 Å². The van der Waals surface area contributed by atoms with Gasteiger partial charge in [-0.1, -0.05) is 6.42 Å². The van der Waals surface area contributed by atoms with Gasteiger partial charge >= 0.3 is 6.03 Å². The van der Waals surface area contributed by atoms with Gasteiger partial charge in [0.2, 0.25) is 0 Å². The van der Waals surface area contributed by atoms with Gasteiger partial charge in [0.15, 0.2) is 0 Å². The topological polar surface area (TPSA) is 52.6 Å². The molecule has 0 spiro atoms. The molecule has 2 amide bonds. The monoisotopic (exact) mass is 344 g/mol. The Morgan fingerprint density at radius 1 is 1.55 bits per heavy atom. The SMILES string of the molecule is CN(CC1CCCC1O)C(=O)Nc1cc(F)ccc1Br. The standard InChI is InChI=1S/C14H18BrFN2O2/c1-18(8-9-3-2-4-13(9)19)14(20)17-12-7-10(16)5-6-11(12)15/h5-7,9,13,19H,2-4,8H2,1H3,(H,17,20). The summed E-state index contributed by atoms with van der Waals surface area (Å²) in [5.41, 5.74) is 0.397. The maximum absolute atomic E-state index is 13.2. The second-order valence-electron chi connectivity index (χ2n) is 5.19. The molecule has 4 nitrogen and oxygen atoms in total. The molecule has 2 rings (SSSR count). The van der Waals surface area contributed by atoms with Crippen LogP contribution in [0.4, 0.5) is 14.9 Å². The van der Waals surface area contributed by atoms with Gasteiger partial charge in [0, 0.05) is 24.0 Å². The Balaban J connectivity index is 1.95. The minimum atomic E-state index is -0.405. The predicted molar refractivity (Wildman–Crippen MR) is 79.1 cm³/mol. The molecule has 1 saturated carbocycles. The van der Waals surface area contributed by atoms with E-state index >= 15 is 0 Å². The average Bonchev–Trinajstić information content (AvgIpc) is 2.79. The van der Waals surface area contributed by atoms with Gasteiger partial charge in [-0.3, -0.25) is 0 Å². The van der Waals surface area contributed by atoms with Crippen molar-refractivity contribution in [3.05, 3.63) is 28.5 Å². The molecule has 20 heavy (non-hydrogen) atoms. The van der Waals surface area contributed by atoms with E-state index in [1.807, 2.05) is 0 Å². The van der Waals surface area contributed by atoms with Crippen LogP contribution in [-0.4, -0.2) is 35.7 Å². The van der Waals surface area contributed by atoms with Gasteiger partial charge in [0.1, 0.15) is 5.82 Å². The van der Waals surface area contributed by atoms with Crippen LogP contribution in [0, 0.1) is 11.7 Å². The number of nitrogens with zero attached hydrogens (tertiary/aromatic N) is 1. The Morgan fingerprint density at radius 3 is 2.95 bits per heavy atom. The third kappa shape index (κ3) is 3.70. The van der Waals surface area contributed by atoms with E-state index in [1.54, 1.807) is 13.1 Å². The number of nitrogens with one attached hydrogen (secondary N) is 1. The van der Waals surface area contributed by atoms with E-state index in [-0.39, 0.29) is 18.1 Å². The van der Waals surface area contributed by atoms with Gasteiger partial charge in [-0.15, -0.1) is 0 Å². The van der Waals surface area contributed by atoms with Crippen LogP contribution in [0.15, 0.2) is 22.7 Å². The fourth-order valence-electron chi connectivity index (χ4n) is 2.47. The van der Waals surface area contributed by atoms with E-state index in [9.17, 15) is 14.3 Å². The fraction of sp³-hybridized carbons (Fsp3) is 0.500. The lowest BCUT2D eigenvalue weighted by molar-refractivity contribution is 0.116. The molecule has 0 radical (unpaired) electrons. The van der Waals surface area contributed by atoms with Crippen LogP contribution in [0.25, 0.3) is 0 Å². The number of halogens is 2. The van der Waals surface area contributed by atoms with Crippen LogP contribution in [-0.2, 0) is 0 Å². The molecule has 1 aromatic carbocycles. The van der Waals surface area contributed by atoms with Crippen molar-refractivity contribution in [2.45, 2.75) is 25.4 Å². The highest BCUT2D eigenvalue weighted by atomic mass is 79.9. The Labute approximate surface area is 126 Å². The zero-order chi connectivity index (χ0) is 14.7. The number of carbonyl (C=O) groups excluding carboxylic acids is 1. The summed E-state index contributed by atoms with van der Waals surface area (Å²) in [6.45, 7) is 0.500. The first-order valence-corrected chi connectivity index (χ1v) is 7.42. The second-order valence-corrected chi connectivity index (χ2v) is 6.05. The van der Waals surface area contributed by atoms with Gasteiger partial charge in [0.25, 0.3) is 0 Å². The van der Waals surface area contributed by atoms with Crippen LogP contribution in [0.1, 0.15) is 19.3 Å². The molecule has 2 unspecified atom stereocenters. The molecule has 1 fully saturated rings. The first kappa shape index (κ1) is 15.3. The lowest BCUT2D eigenvalue weighted by atomic mass is 10.1. The van der Waals surface area contributed by atoms with E-state index < -0.39 is 5.82 Å². The van der Waals surface area contributed by atoms with Gasteiger partial charge in [-0.05, 0) is 47.0 Å². The van der Waals surface area contributed by atoms with Crippen molar-refractivity contribution in [2.24, 2.45) is 5.92 Å². The number of hydrogen-bond donors (Lipinski definition) is 2. The molecule has 0 heterocycles. The van der Waals surface area contributed by atoms with Gasteiger partial charge < -0.3 is 15.3 Å². The van der Waals surface area contributed by atoms with Gasteiger partial charge in [-0.2, -0.15) is 0 Å². The van der Waals surface area contributed by atoms with Crippen LogP contribution >= 0.6 is 15.9 Å². The van der Waals surface area contributed by atoms with Crippen LogP contribution in [0.3, 0.4) is 0 Å². The third-order valence-electron chi connectivity index (χ3n) is 3.64. The first-order valence-electron chi connectivity index (χ1n) is 6.62. The van der Waals surface area contributed by atoms with Crippen molar-refractivity contribution in [1.29, 1.82) is 0 Å². The molecule has 1 aromatic rings. The number of rotatable bonds is 3. The van der Waals surface area contributed by atoms with E-state index in [0.717, 1.165) is 19.3 Å². The first-order chi connectivity index (χ1) is 9.47. The Kier molecular flexibility index (Phi) is 4.99. The predicted octanol–water partition coefficient (Wildman–Crippen LogP) is 3.21. The summed E-state index contributed by atoms with van der Waals surface area (Å²) < 4.78 is 13.8. The molecule has 1 aliphatic carbocycles. The summed E-state index contributed by atoms with van der Waals surface area (Å²) >= 11 is 3.27. The molecular formula is C14H18BrFN2O2. The Hall–Kier alpha value is -1.14. The molecular weight excluding hydrogens is 327 g/mol. The summed E-state index contributed by atoms with van der Waals surface area (Å²) in [4.78, 5) is 13.6. The number of aliphatic hydroxyl groups excluding tert-OH is 1. The molecule has 0 saturated heterocycles. The summed E-state index contributed by atoms with van der Waals surface area (Å²) in [6.07, 6.45) is 2.40. The number of aliphatic hydroxyl groups is 1. The zero-order valence-corrected chi connectivity index (χ0v) is 12.9. The summed E-state index contributed by atoms with van der Waals surface area (Å²) in [7, 11) is 1.67. The van der Waals surface area contributed by atoms with Crippen molar-refractivity contribution in [1.82, 2.24) is 4.90 Å². The second kappa shape index (κ2) is 6.54. The number of hydrogen-bond acceptors (Lipinski definition) is 2. The van der Waals surface area contributed by atoms with Crippen molar-refractivity contribution in [2.75, 3.05) is 18.9 Å². The molecule has 1 aliphatic rings. The quantitative estimate of drug-likeness (QED) is 0.884. The number of urea groups is 1. The minimum absolute atomic E-state index is 0.127. The van der Waals surface area contributed by atoms with Crippen LogP contribution < -0.4 is 5.32 Å². The highest BCUT2D eigenvalue weighted by Gasteiger charge is 2.27. The summed E-state index contributed by atoms with van der Waals surface area (Å²) in [5.74, 6) is -0.279. The van der Waals surface area contributed by atoms with Crippen LogP contribution in [0.5, 0.6) is 0 Å². The fourth-order valence-corrected chi connectivity index (χ4v) is 2.81. The number of benzene rings is 1. The third-order valence-corrected chi connectivity index (χ3v) is 4.34. The number of anilines is 1. The maximum Gasteiger partial charge on any atom is 0.321 e. The minimum Gasteiger partial charge on any atom is -0.393 e. The molecule has 110 valence electrons. The smallest absolute Gasteiger partial charge is 0.321 e. The van der Waals surface area contributed by atoms with Crippen LogP contribution in [0.2, 0.25) is 0 Å². The van der Waals surface area contributed by atoms with Gasteiger partial charge in [0.05, 0.1) is 11.8 Å². The molecule has 0 aliphatic heterocycles. The van der Waals surface area contributed by atoms with Crippen molar-refractivity contribution in [3.63, 3.8) is 0 Å². The van der Waals surface area contributed by atoms with E-state index in [0.29, 0.717) is 16.7 Å².